The SMILES string of the molecule is O=C1CCC2C3Cc4cc(O)ccc4C2(CCN3CC2CC2)C1. The molecule has 3 heteroatoms. The predicted molar refractivity (Wildman–Crippen MR) is 88.5 cm³/mol. The van der Waals surface area contributed by atoms with Gasteiger partial charge in [0.15, 0.2) is 0 Å². The quantitative estimate of drug-likeness (QED) is 0.912. The minimum atomic E-state index is 0.0569. The average molecular weight is 311 g/mol. The lowest BCUT2D eigenvalue weighted by atomic mass is 9.52. The molecule has 4 aliphatic rings. The Morgan fingerprint density at radius 2 is 2.13 bits per heavy atom. The fourth-order valence-corrected chi connectivity index (χ4v) is 5.78. The molecule has 1 aliphatic heterocycles. The molecule has 1 saturated heterocycles. The molecule has 0 radical (unpaired) electrons. The van der Waals surface area contributed by atoms with Gasteiger partial charge in [-0.3, -0.25) is 9.69 Å². The summed E-state index contributed by atoms with van der Waals surface area (Å²) in [5, 5.41) is 9.94. The number of hydrogen-bond donors (Lipinski definition) is 1. The van der Waals surface area contributed by atoms with Crippen molar-refractivity contribution >= 4 is 5.78 Å². The number of carbonyl (C=O) groups excluding carboxylic acids is 1. The number of likely N-dealkylation sites (tertiary alicyclic amines) is 1. The summed E-state index contributed by atoms with van der Waals surface area (Å²) in [6, 6.07) is 6.47. The Morgan fingerprint density at radius 3 is 2.96 bits per heavy atom. The van der Waals surface area contributed by atoms with Gasteiger partial charge in [-0.25, -0.2) is 0 Å². The second-order valence-electron chi connectivity index (χ2n) is 8.32. The number of ketones is 1. The van der Waals surface area contributed by atoms with Crippen LogP contribution in [0.25, 0.3) is 0 Å². The van der Waals surface area contributed by atoms with Crippen LogP contribution >= 0.6 is 0 Å². The molecule has 2 bridgehead atoms. The molecule has 1 heterocycles. The zero-order valence-corrected chi connectivity index (χ0v) is 13.6. The summed E-state index contributed by atoms with van der Waals surface area (Å²) in [6.07, 6.45) is 7.52. The number of hydrogen-bond acceptors (Lipinski definition) is 3. The van der Waals surface area contributed by atoms with Gasteiger partial charge in [-0.15, -0.1) is 0 Å². The van der Waals surface area contributed by atoms with Crippen molar-refractivity contribution in [3.63, 3.8) is 0 Å². The van der Waals surface area contributed by atoms with Gasteiger partial charge >= 0.3 is 0 Å². The summed E-state index contributed by atoms with van der Waals surface area (Å²) >= 11 is 0. The Bertz CT molecular complexity index is 666. The van der Waals surface area contributed by atoms with Crippen LogP contribution in [0.5, 0.6) is 5.75 Å². The zero-order chi connectivity index (χ0) is 15.6. The first-order chi connectivity index (χ1) is 11.2. The van der Waals surface area contributed by atoms with Crippen molar-refractivity contribution in [3.8, 4) is 5.75 Å². The fourth-order valence-electron chi connectivity index (χ4n) is 5.78. The lowest BCUT2D eigenvalue weighted by Crippen LogP contribution is -2.62. The van der Waals surface area contributed by atoms with Gasteiger partial charge in [0.05, 0.1) is 0 Å². The average Bonchev–Trinajstić information content (AvgIpc) is 3.33. The maximum Gasteiger partial charge on any atom is 0.133 e. The highest BCUT2D eigenvalue weighted by atomic mass is 16.3. The lowest BCUT2D eigenvalue weighted by Gasteiger charge is -2.58. The van der Waals surface area contributed by atoms with Crippen molar-refractivity contribution in [1.82, 2.24) is 4.90 Å². The van der Waals surface area contributed by atoms with Crippen LogP contribution in [0.2, 0.25) is 0 Å². The van der Waals surface area contributed by atoms with Gasteiger partial charge in [0.1, 0.15) is 11.5 Å². The summed E-state index contributed by atoms with van der Waals surface area (Å²) in [7, 11) is 0. The number of rotatable bonds is 2. The first kappa shape index (κ1) is 14.0. The number of phenols is 1. The minimum absolute atomic E-state index is 0.0569. The Balaban J connectivity index is 1.60. The maximum atomic E-state index is 12.3. The summed E-state index contributed by atoms with van der Waals surface area (Å²) in [5.41, 5.74) is 2.72. The molecule has 23 heavy (non-hydrogen) atoms. The topological polar surface area (TPSA) is 40.5 Å². The number of aromatic hydroxyl groups is 1. The third-order valence-electron chi connectivity index (χ3n) is 6.98. The predicted octanol–water partition coefficient (Wildman–Crippen LogP) is 3.04. The molecule has 0 spiro atoms. The summed E-state index contributed by atoms with van der Waals surface area (Å²) in [5.74, 6) is 2.35. The summed E-state index contributed by atoms with van der Waals surface area (Å²) in [4.78, 5) is 15.0. The van der Waals surface area contributed by atoms with E-state index in [1.54, 1.807) is 0 Å². The highest BCUT2D eigenvalue weighted by Gasteiger charge is 2.55. The van der Waals surface area contributed by atoms with E-state index in [0.717, 1.165) is 44.6 Å². The zero-order valence-electron chi connectivity index (χ0n) is 13.6. The second-order valence-corrected chi connectivity index (χ2v) is 8.32. The number of nitrogens with zero attached hydrogens (tertiary/aromatic N) is 1. The number of benzene rings is 1. The van der Waals surface area contributed by atoms with Crippen molar-refractivity contribution in [1.29, 1.82) is 0 Å². The molecule has 3 nitrogen and oxygen atoms in total. The molecule has 122 valence electrons. The van der Waals surface area contributed by atoms with Crippen molar-refractivity contribution in [3.05, 3.63) is 29.3 Å². The molecule has 3 atom stereocenters. The van der Waals surface area contributed by atoms with E-state index < -0.39 is 0 Å². The Labute approximate surface area is 137 Å². The van der Waals surface area contributed by atoms with Gasteiger partial charge in [-0.05, 0) is 73.7 Å². The van der Waals surface area contributed by atoms with E-state index in [1.165, 1.54) is 30.5 Å². The first-order valence-corrected chi connectivity index (χ1v) is 9.24. The van der Waals surface area contributed by atoms with E-state index in [4.69, 9.17) is 0 Å². The molecule has 5 rings (SSSR count). The number of fused-ring (bicyclic) bond motifs is 1. The summed E-state index contributed by atoms with van der Waals surface area (Å²) in [6.45, 7) is 2.39. The number of phenolic OH excluding ortho intramolecular Hbond substituents is 1. The molecule has 3 aliphatic carbocycles. The Hall–Kier alpha value is -1.35. The molecule has 1 aromatic rings. The molecule has 1 aromatic carbocycles. The van der Waals surface area contributed by atoms with Crippen LogP contribution in [0.4, 0.5) is 0 Å². The van der Waals surface area contributed by atoms with Gasteiger partial charge < -0.3 is 5.11 Å². The number of piperidine rings is 1. The second kappa shape index (κ2) is 4.83. The van der Waals surface area contributed by atoms with E-state index in [0.29, 0.717) is 23.5 Å². The number of Topliss-reactive ketones (excluding diaryl/α,β-unsaturated/α-hetero) is 1. The van der Waals surface area contributed by atoms with Gasteiger partial charge in [-0.2, -0.15) is 0 Å². The summed E-state index contributed by atoms with van der Waals surface area (Å²) < 4.78 is 0. The van der Waals surface area contributed by atoms with E-state index in [1.807, 2.05) is 12.1 Å². The van der Waals surface area contributed by atoms with Gasteiger partial charge in [0.25, 0.3) is 0 Å². The number of carbonyl (C=O) groups is 1. The highest BCUT2D eigenvalue weighted by Crippen LogP contribution is 2.55. The highest BCUT2D eigenvalue weighted by molar-refractivity contribution is 5.81. The fraction of sp³-hybridized carbons (Fsp3) is 0.650. The van der Waals surface area contributed by atoms with Crippen molar-refractivity contribution in [2.45, 2.75) is 56.4 Å². The molecule has 3 unspecified atom stereocenters. The van der Waals surface area contributed by atoms with Gasteiger partial charge in [0, 0.05) is 30.8 Å². The van der Waals surface area contributed by atoms with Gasteiger partial charge in [-0.1, -0.05) is 6.07 Å². The monoisotopic (exact) mass is 311 g/mol. The van der Waals surface area contributed by atoms with Crippen molar-refractivity contribution in [2.75, 3.05) is 13.1 Å². The lowest BCUT2D eigenvalue weighted by molar-refractivity contribution is -0.127. The molecular weight excluding hydrogens is 286 g/mol. The first-order valence-electron chi connectivity index (χ1n) is 9.24. The van der Waals surface area contributed by atoms with E-state index in [-0.39, 0.29) is 5.41 Å². The van der Waals surface area contributed by atoms with Gasteiger partial charge in [0.2, 0.25) is 0 Å². The van der Waals surface area contributed by atoms with Crippen LogP contribution in [-0.2, 0) is 16.6 Å². The standard InChI is InChI=1S/C20H25NO2/c22-15-3-5-17-14(9-15)10-19-18-6-4-16(23)11-20(17,18)7-8-21(19)12-13-1-2-13/h3,5,9,13,18-19,22H,1-2,4,6-8,10-12H2. The van der Waals surface area contributed by atoms with Crippen molar-refractivity contribution < 1.29 is 9.90 Å². The van der Waals surface area contributed by atoms with Crippen LogP contribution < -0.4 is 0 Å². The molecule has 3 fully saturated rings. The molecule has 2 saturated carbocycles. The van der Waals surface area contributed by atoms with E-state index >= 15 is 0 Å². The normalized spacial score (nSPS) is 36.4. The van der Waals surface area contributed by atoms with Crippen LogP contribution in [-0.4, -0.2) is 34.9 Å². The largest absolute Gasteiger partial charge is 0.508 e. The van der Waals surface area contributed by atoms with E-state index in [2.05, 4.69) is 11.0 Å². The smallest absolute Gasteiger partial charge is 0.133 e. The minimum Gasteiger partial charge on any atom is -0.508 e. The third kappa shape index (κ3) is 2.09. The van der Waals surface area contributed by atoms with E-state index in [9.17, 15) is 9.90 Å². The van der Waals surface area contributed by atoms with Crippen LogP contribution in [0, 0.1) is 11.8 Å². The molecule has 0 aromatic heterocycles. The molecule has 1 N–H and O–H groups in total. The molecular formula is C20H25NO2. The van der Waals surface area contributed by atoms with Crippen molar-refractivity contribution in [2.24, 2.45) is 11.8 Å². The Kier molecular flexibility index (Phi) is 2.94. The molecule has 0 amide bonds. The van der Waals surface area contributed by atoms with Crippen LogP contribution in [0.3, 0.4) is 0 Å². The third-order valence-corrected chi connectivity index (χ3v) is 6.98. The van der Waals surface area contributed by atoms with Crippen LogP contribution in [0.15, 0.2) is 18.2 Å². The van der Waals surface area contributed by atoms with Crippen LogP contribution in [0.1, 0.15) is 49.7 Å². The Morgan fingerprint density at radius 1 is 1.26 bits per heavy atom. The maximum absolute atomic E-state index is 12.3.